The molecule has 0 bridgehead atoms. The molecule has 4 nitrogen and oxygen atoms in total. The number of hydrogen-bond acceptors (Lipinski definition) is 4. The second kappa shape index (κ2) is 7.51. The first-order chi connectivity index (χ1) is 12.0. The summed E-state index contributed by atoms with van der Waals surface area (Å²) in [6, 6.07) is 13.1. The summed E-state index contributed by atoms with van der Waals surface area (Å²) in [5.74, 6) is -0.102. The highest BCUT2D eigenvalue weighted by Gasteiger charge is 2.20. The van der Waals surface area contributed by atoms with E-state index in [-0.39, 0.29) is 12.4 Å². The largest absolute Gasteiger partial charge is 0.482 e. The minimum Gasteiger partial charge on any atom is -0.482 e. The van der Waals surface area contributed by atoms with Crippen LogP contribution >= 0.6 is 0 Å². The highest BCUT2D eigenvalue weighted by Crippen LogP contribution is 2.26. The zero-order chi connectivity index (χ0) is 17.8. The van der Waals surface area contributed by atoms with Gasteiger partial charge in [-0.2, -0.15) is 0 Å². The van der Waals surface area contributed by atoms with Crippen LogP contribution in [0.25, 0.3) is 0 Å². The molecule has 0 radical (unpaired) electrons. The fraction of sp³-hybridized carbons (Fsp3) is 0.333. The van der Waals surface area contributed by atoms with Crippen LogP contribution in [0.5, 0.6) is 5.75 Å². The van der Waals surface area contributed by atoms with E-state index in [1.165, 1.54) is 17.5 Å². The van der Waals surface area contributed by atoms with Gasteiger partial charge in [0.05, 0.1) is 0 Å². The van der Waals surface area contributed by atoms with Crippen molar-refractivity contribution in [3.05, 3.63) is 64.7 Å². The topological polar surface area (TPSA) is 52.6 Å². The van der Waals surface area contributed by atoms with Crippen LogP contribution in [0.1, 0.15) is 40.4 Å². The van der Waals surface area contributed by atoms with Crippen LogP contribution in [-0.4, -0.2) is 24.5 Å². The molecule has 25 heavy (non-hydrogen) atoms. The first-order valence-electron chi connectivity index (χ1n) is 8.58. The number of fused-ring (bicyclic) bond motifs is 1. The average Bonchev–Trinajstić information content (AvgIpc) is 3.07. The number of aryl methyl sites for hydroxylation is 3. The first-order valence-corrected chi connectivity index (χ1v) is 8.58. The van der Waals surface area contributed by atoms with Crippen LogP contribution in [0.4, 0.5) is 0 Å². The smallest absolute Gasteiger partial charge is 0.344 e. The van der Waals surface area contributed by atoms with Gasteiger partial charge in [0, 0.05) is 5.56 Å². The summed E-state index contributed by atoms with van der Waals surface area (Å²) in [7, 11) is 0. The Kier molecular flexibility index (Phi) is 5.17. The Balaban J connectivity index is 1.51. The molecule has 1 atom stereocenters. The summed E-state index contributed by atoms with van der Waals surface area (Å²) in [5, 5.41) is 0. The molecule has 1 aliphatic rings. The maximum atomic E-state index is 12.3. The van der Waals surface area contributed by atoms with Gasteiger partial charge < -0.3 is 9.47 Å². The minimum atomic E-state index is -0.834. The molecule has 1 aliphatic carbocycles. The molecule has 0 amide bonds. The van der Waals surface area contributed by atoms with E-state index in [9.17, 15) is 9.59 Å². The third kappa shape index (κ3) is 4.27. The molecule has 0 aliphatic heterocycles. The number of hydrogen-bond donors (Lipinski definition) is 0. The predicted octanol–water partition coefficient (Wildman–Crippen LogP) is 3.68. The molecule has 0 N–H and O–H groups in total. The second-order valence-electron chi connectivity index (χ2n) is 6.44. The summed E-state index contributed by atoms with van der Waals surface area (Å²) >= 11 is 0. The van der Waals surface area contributed by atoms with Gasteiger partial charge in [0.25, 0.3) is 0 Å². The molecule has 4 heteroatoms. The molecule has 2 aromatic carbocycles. The van der Waals surface area contributed by atoms with E-state index < -0.39 is 12.1 Å². The van der Waals surface area contributed by atoms with Crippen molar-refractivity contribution in [1.82, 2.24) is 0 Å². The van der Waals surface area contributed by atoms with Crippen LogP contribution < -0.4 is 4.74 Å². The molecule has 130 valence electrons. The number of carbonyl (C=O) groups is 2. The van der Waals surface area contributed by atoms with E-state index in [2.05, 4.69) is 0 Å². The van der Waals surface area contributed by atoms with Crippen LogP contribution in [0, 0.1) is 6.92 Å². The number of ether oxygens (including phenoxy) is 2. The third-order valence-electron chi connectivity index (χ3n) is 4.44. The summed E-state index contributed by atoms with van der Waals surface area (Å²) in [6.07, 6.45) is 2.49. The van der Waals surface area contributed by atoms with Gasteiger partial charge in [-0.3, -0.25) is 4.79 Å². The van der Waals surface area contributed by atoms with Crippen molar-refractivity contribution < 1.29 is 19.1 Å². The van der Waals surface area contributed by atoms with Crippen LogP contribution in [0.2, 0.25) is 0 Å². The molecule has 0 fully saturated rings. The normalized spacial score (nSPS) is 13.8. The Bertz CT molecular complexity index is 777. The summed E-state index contributed by atoms with van der Waals surface area (Å²) in [6.45, 7) is 3.33. The van der Waals surface area contributed by atoms with E-state index in [1.54, 1.807) is 19.1 Å². The first kappa shape index (κ1) is 17.2. The van der Waals surface area contributed by atoms with Crippen molar-refractivity contribution >= 4 is 11.8 Å². The van der Waals surface area contributed by atoms with Crippen molar-refractivity contribution in [2.24, 2.45) is 0 Å². The highest BCUT2D eigenvalue weighted by molar-refractivity contribution is 6.00. The van der Waals surface area contributed by atoms with Gasteiger partial charge in [-0.15, -0.1) is 0 Å². The van der Waals surface area contributed by atoms with Gasteiger partial charge in [0.15, 0.2) is 12.7 Å². The number of benzene rings is 2. The molecule has 3 rings (SSSR count). The van der Waals surface area contributed by atoms with Gasteiger partial charge in [-0.1, -0.05) is 35.9 Å². The SMILES string of the molecule is Cc1ccc(C(=O)[C@@H](C)OC(=O)COc2ccc3c(c2)CCC3)cc1. The zero-order valence-electron chi connectivity index (χ0n) is 14.6. The zero-order valence-corrected chi connectivity index (χ0v) is 14.6. The van der Waals surface area contributed by atoms with Gasteiger partial charge in [-0.05, 0) is 56.4 Å². The lowest BCUT2D eigenvalue weighted by Crippen LogP contribution is -2.27. The lowest BCUT2D eigenvalue weighted by molar-refractivity contribution is -0.148. The Morgan fingerprint density at radius 1 is 1.04 bits per heavy atom. The molecule has 2 aromatic rings. The number of rotatable bonds is 6. The summed E-state index contributed by atoms with van der Waals surface area (Å²) < 4.78 is 10.7. The van der Waals surface area contributed by atoms with Crippen LogP contribution in [0.15, 0.2) is 42.5 Å². The molecule has 0 unspecified atom stereocenters. The summed E-state index contributed by atoms with van der Waals surface area (Å²) in [5.41, 5.74) is 4.25. The third-order valence-corrected chi connectivity index (χ3v) is 4.44. The lowest BCUT2D eigenvalue weighted by Gasteiger charge is -2.13. The fourth-order valence-electron chi connectivity index (χ4n) is 3.02. The Labute approximate surface area is 147 Å². The number of Topliss-reactive ketones (excluding diaryl/α,β-unsaturated/α-hetero) is 1. The molecular formula is C21H22O4. The fourth-order valence-corrected chi connectivity index (χ4v) is 3.02. The number of carbonyl (C=O) groups excluding carboxylic acids is 2. The number of ketones is 1. The maximum Gasteiger partial charge on any atom is 0.344 e. The van der Waals surface area contributed by atoms with Crippen LogP contribution in [0.3, 0.4) is 0 Å². The number of esters is 1. The molecule has 0 saturated heterocycles. The monoisotopic (exact) mass is 338 g/mol. The van der Waals surface area contributed by atoms with Gasteiger partial charge >= 0.3 is 5.97 Å². The predicted molar refractivity (Wildman–Crippen MR) is 95.0 cm³/mol. The van der Waals surface area contributed by atoms with Gasteiger partial charge in [0.2, 0.25) is 5.78 Å². The maximum absolute atomic E-state index is 12.3. The van der Waals surface area contributed by atoms with E-state index >= 15 is 0 Å². The van der Waals surface area contributed by atoms with E-state index in [0.29, 0.717) is 11.3 Å². The Morgan fingerprint density at radius 3 is 2.52 bits per heavy atom. The minimum absolute atomic E-state index is 0.204. The molecule has 0 heterocycles. The van der Waals surface area contributed by atoms with Crippen molar-refractivity contribution in [3.8, 4) is 5.75 Å². The highest BCUT2D eigenvalue weighted by atomic mass is 16.6. The quantitative estimate of drug-likeness (QED) is 0.595. The van der Waals surface area contributed by atoms with E-state index in [4.69, 9.17) is 9.47 Å². The Hall–Kier alpha value is -2.62. The average molecular weight is 338 g/mol. The van der Waals surface area contributed by atoms with Crippen molar-refractivity contribution in [1.29, 1.82) is 0 Å². The van der Waals surface area contributed by atoms with Crippen LogP contribution in [-0.2, 0) is 22.4 Å². The Morgan fingerprint density at radius 2 is 1.76 bits per heavy atom. The van der Waals surface area contributed by atoms with E-state index in [1.807, 2.05) is 37.3 Å². The molecule has 0 saturated carbocycles. The standard InChI is InChI=1S/C21H22O4/c1-14-6-8-17(9-7-14)21(23)15(2)25-20(22)13-24-19-11-10-16-4-3-5-18(16)12-19/h6-12,15H,3-5,13H2,1-2H3/t15-/m1/s1. The lowest BCUT2D eigenvalue weighted by atomic mass is 10.1. The molecule has 0 aromatic heterocycles. The van der Waals surface area contributed by atoms with Crippen molar-refractivity contribution in [2.45, 2.75) is 39.2 Å². The molecule has 0 spiro atoms. The molecular weight excluding hydrogens is 316 g/mol. The van der Waals surface area contributed by atoms with Crippen molar-refractivity contribution in [2.75, 3.05) is 6.61 Å². The summed E-state index contributed by atoms with van der Waals surface area (Å²) in [4.78, 5) is 24.2. The van der Waals surface area contributed by atoms with Crippen molar-refractivity contribution in [3.63, 3.8) is 0 Å². The van der Waals surface area contributed by atoms with Gasteiger partial charge in [0.1, 0.15) is 5.75 Å². The van der Waals surface area contributed by atoms with Gasteiger partial charge in [-0.25, -0.2) is 4.79 Å². The van der Waals surface area contributed by atoms with E-state index in [0.717, 1.165) is 18.4 Å². The second-order valence-corrected chi connectivity index (χ2v) is 6.44.